The third-order valence-electron chi connectivity index (χ3n) is 4.98. The van der Waals surface area contributed by atoms with Crippen molar-refractivity contribution in [1.29, 1.82) is 0 Å². The minimum absolute atomic E-state index is 0.0399. The van der Waals surface area contributed by atoms with Gasteiger partial charge >= 0.3 is 0 Å². The summed E-state index contributed by atoms with van der Waals surface area (Å²) in [6, 6.07) is 5.64. The lowest BCUT2D eigenvalue weighted by Gasteiger charge is -2.35. The monoisotopic (exact) mass is 385 g/mol. The van der Waals surface area contributed by atoms with Crippen molar-refractivity contribution in [2.45, 2.75) is 46.6 Å². The van der Waals surface area contributed by atoms with E-state index in [2.05, 4.69) is 16.5 Å². The molecule has 1 atom stereocenters. The van der Waals surface area contributed by atoms with Gasteiger partial charge in [0.25, 0.3) is 0 Å². The van der Waals surface area contributed by atoms with Crippen LogP contribution >= 0.6 is 0 Å². The zero-order chi connectivity index (χ0) is 20.3. The highest BCUT2D eigenvalue weighted by molar-refractivity contribution is 5.92. The third kappa shape index (κ3) is 4.78. The Labute approximate surface area is 165 Å². The fraction of sp³-hybridized carbons (Fsp3) is 0.476. The molecule has 2 amide bonds. The molecule has 2 heterocycles. The van der Waals surface area contributed by atoms with Crippen molar-refractivity contribution in [3.05, 3.63) is 46.3 Å². The predicted octanol–water partition coefficient (Wildman–Crippen LogP) is 2.71. The number of hydrogen-bond acceptors (Lipinski definition) is 5. The second-order valence-corrected chi connectivity index (χ2v) is 7.42. The molecule has 1 aliphatic heterocycles. The van der Waals surface area contributed by atoms with Crippen molar-refractivity contribution in [2.75, 3.05) is 25.1 Å². The Hall–Kier alpha value is -2.67. The summed E-state index contributed by atoms with van der Waals surface area (Å²) in [7, 11) is 0. The molecule has 0 saturated carbocycles. The van der Waals surface area contributed by atoms with Gasteiger partial charge in [0.2, 0.25) is 11.8 Å². The molecule has 0 aliphatic carbocycles. The first-order valence-electron chi connectivity index (χ1n) is 9.50. The van der Waals surface area contributed by atoms with Crippen LogP contribution in [0.25, 0.3) is 0 Å². The number of hydrogen-bond donors (Lipinski definition) is 1. The summed E-state index contributed by atoms with van der Waals surface area (Å²) in [4.78, 5) is 27.2. The summed E-state index contributed by atoms with van der Waals surface area (Å²) in [5.41, 5.74) is 4.49. The number of carbonyl (C=O) groups is 2. The lowest BCUT2D eigenvalue weighted by molar-refractivity contribution is -0.140. The maximum absolute atomic E-state index is 12.9. The first kappa shape index (κ1) is 20.1. The van der Waals surface area contributed by atoms with E-state index in [1.54, 1.807) is 11.8 Å². The van der Waals surface area contributed by atoms with E-state index < -0.39 is 0 Å². The van der Waals surface area contributed by atoms with Gasteiger partial charge in [-0.05, 0) is 51.0 Å². The van der Waals surface area contributed by atoms with Gasteiger partial charge in [0.1, 0.15) is 5.76 Å². The molecule has 7 heteroatoms. The van der Waals surface area contributed by atoms with Crippen molar-refractivity contribution in [2.24, 2.45) is 0 Å². The molecule has 3 rings (SSSR count). The number of anilines is 1. The standard InChI is InChI=1S/C21H27N3O4/c1-13-7-14(2)9-17(8-13)22-20(25)10-18-12-27-6-5-24(18)21(26)11-19-15(3)23-28-16(19)4/h7-9,18H,5-6,10-12H2,1-4H3,(H,22,25)/t18-/m0/s1. The highest BCUT2D eigenvalue weighted by Crippen LogP contribution is 2.19. The van der Waals surface area contributed by atoms with E-state index in [-0.39, 0.29) is 30.7 Å². The average molecular weight is 385 g/mol. The number of aromatic nitrogens is 1. The fourth-order valence-corrected chi connectivity index (χ4v) is 3.63. The van der Waals surface area contributed by atoms with Crippen molar-refractivity contribution >= 4 is 17.5 Å². The van der Waals surface area contributed by atoms with Crippen LogP contribution in [0.4, 0.5) is 5.69 Å². The molecule has 1 aromatic heterocycles. The molecule has 7 nitrogen and oxygen atoms in total. The van der Waals surface area contributed by atoms with Crippen LogP contribution in [0.1, 0.15) is 34.6 Å². The van der Waals surface area contributed by atoms with Crippen molar-refractivity contribution in [1.82, 2.24) is 10.1 Å². The zero-order valence-electron chi connectivity index (χ0n) is 16.9. The molecule has 2 aromatic rings. The van der Waals surface area contributed by atoms with Gasteiger partial charge in [0.15, 0.2) is 0 Å². The molecule has 0 unspecified atom stereocenters. The largest absolute Gasteiger partial charge is 0.377 e. The Bertz CT molecular complexity index is 835. The Morgan fingerprint density at radius 2 is 1.89 bits per heavy atom. The molecule has 0 spiro atoms. The van der Waals surface area contributed by atoms with Crippen LogP contribution in [0.5, 0.6) is 0 Å². The first-order chi connectivity index (χ1) is 13.3. The van der Waals surface area contributed by atoms with Gasteiger partial charge in [0.05, 0.1) is 31.4 Å². The van der Waals surface area contributed by atoms with Crippen molar-refractivity contribution in [3.8, 4) is 0 Å². The van der Waals surface area contributed by atoms with E-state index in [9.17, 15) is 9.59 Å². The van der Waals surface area contributed by atoms with Crippen LogP contribution in [0.2, 0.25) is 0 Å². The summed E-state index contributed by atoms with van der Waals surface area (Å²) in [5.74, 6) is 0.487. The van der Waals surface area contributed by atoms with Gasteiger partial charge in [-0.3, -0.25) is 9.59 Å². The maximum Gasteiger partial charge on any atom is 0.227 e. The molecular weight excluding hydrogens is 358 g/mol. The molecule has 1 aromatic carbocycles. The fourth-order valence-electron chi connectivity index (χ4n) is 3.63. The van der Waals surface area contributed by atoms with E-state index in [0.717, 1.165) is 28.1 Å². The molecule has 1 saturated heterocycles. The molecule has 150 valence electrons. The van der Waals surface area contributed by atoms with Crippen LogP contribution in [-0.2, 0) is 20.7 Å². The number of nitrogens with zero attached hydrogens (tertiary/aromatic N) is 2. The molecule has 0 bridgehead atoms. The lowest BCUT2D eigenvalue weighted by atomic mass is 10.1. The van der Waals surface area contributed by atoms with Gasteiger partial charge in [-0.1, -0.05) is 11.2 Å². The van der Waals surface area contributed by atoms with E-state index in [0.29, 0.717) is 25.5 Å². The Balaban J connectivity index is 1.65. The second-order valence-electron chi connectivity index (χ2n) is 7.42. The number of aryl methyl sites for hydroxylation is 4. The third-order valence-corrected chi connectivity index (χ3v) is 4.98. The number of ether oxygens (including phenoxy) is 1. The Kier molecular flexibility index (Phi) is 6.14. The summed E-state index contributed by atoms with van der Waals surface area (Å²) >= 11 is 0. The number of nitrogens with one attached hydrogen (secondary N) is 1. The molecule has 1 N–H and O–H groups in total. The predicted molar refractivity (Wildman–Crippen MR) is 105 cm³/mol. The number of rotatable bonds is 5. The second kappa shape index (κ2) is 8.56. The van der Waals surface area contributed by atoms with Crippen molar-refractivity contribution in [3.63, 3.8) is 0 Å². The number of carbonyl (C=O) groups excluding carboxylic acids is 2. The van der Waals surface area contributed by atoms with E-state index in [1.165, 1.54) is 0 Å². The van der Waals surface area contributed by atoms with Gasteiger partial charge in [0, 0.05) is 24.2 Å². The van der Waals surface area contributed by atoms with Crippen LogP contribution in [-0.4, -0.2) is 47.7 Å². The minimum atomic E-state index is -0.285. The zero-order valence-corrected chi connectivity index (χ0v) is 16.9. The highest BCUT2D eigenvalue weighted by atomic mass is 16.5. The highest BCUT2D eigenvalue weighted by Gasteiger charge is 2.30. The van der Waals surface area contributed by atoms with Gasteiger partial charge in [-0.2, -0.15) is 0 Å². The Morgan fingerprint density at radius 3 is 2.54 bits per heavy atom. The number of amides is 2. The maximum atomic E-state index is 12.9. The molecular formula is C21H27N3O4. The van der Waals surface area contributed by atoms with Crippen LogP contribution in [0, 0.1) is 27.7 Å². The topological polar surface area (TPSA) is 84.7 Å². The average Bonchev–Trinajstić information content (AvgIpc) is 2.93. The SMILES string of the molecule is Cc1cc(C)cc(NC(=O)C[C@H]2COCCN2C(=O)Cc2c(C)noc2C)c1. The molecule has 1 aliphatic rings. The van der Waals surface area contributed by atoms with Gasteiger partial charge < -0.3 is 19.5 Å². The van der Waals surface area contributed by atoms with Crippen LogP contribution in [0.3, 0.4) is 0 Å². The van der Waals surface area contributed by atoms with Gasteiger partial charge in [-0.15, -0.1) is 0 Å². The van der Waals surface area contributed by atoms with Gasteiger partial charge in [-0.25, -0.2) is 0 Å². The van der Waals surface area contributed by atoms with Crippen molar-refractivity contribution < 1.29 is 18.8 Å². The van der Waals surface area contributed by atoms with E-state index in [1.807, 2.05) is 32.9 Å². The first-order valence-corrected chi connectivity index (χ1v) is 9.50. The summed E-state index contributed by atoms with van der Waals surface area (Å²) in [5, 5.41) is 6.84. The summed E-state index contributed by atoms with van der Waals surface area (Å²) in [6.45, 7) is 8.92. The molecule has 28 heavy (non-hydrogen) atoms. The van der Waals surface area contributed by atoms with E-state index >= 15 is 0 Å². The van der Waals surface area contributed by atoms with E-state index in [4.69, 9.17) is 9.26 Å². The quantitative estimate of drug-likeness (QED) is 0.855. The lowest BCUT2D eigenvalue weighted by Crippen LogP contribution is -2.50. The number of benzene rings is 1. The molecule has 0 radical (unpaired) electrons. The summed E-state index contributed by atoms with van der Waals surface area (Å²) < 4.78 is 10.7. The smallest absolute Gasteiger partial charge is 0.227 e. The Morgan fingerprint density at radius 1 is 1.18 bits per heavy atom. The number of morpholine rings is 1. The van der Waals surface area contributed by atoms with Crippen LogP contribution < -0.4 is 5.32 Å². The molecule has 1 fully saturated rings. The summed E-state index contributed by atoms with van der Waals surface area (Å²) in [6.07, 6.45) is 0.413. The normalized spacial score (nSPS) is 16.9. The van der Waals surface area contributed by atoms with Crippen LogP contribution in [0.15, 0.2) is 22.7 Å². The minimum Gasteiger partial charge on any atom is -0.377 e.